The highest BCUT2D eigenvalue weighted by molar-refractivity contribution is 6.38. The molecule has 0 radical (unpaired) electrons. The summed E-state index contributed by atoms with van der Waals surface area (Å²) in [5, 5.41) is 9.28. The monoisotopic (exact) mass is 234 g/mol. The Labute approximate surface area is 90.5 Å². The number of nitrogens with one attached hydrogen (secondary N) is 2. The quantitative estimate of drug-likeness (QED) is 0.257. The molecule has 1 aromatic carbocycles. The van der Waals surface area contributed by atoms with Crippen LogP contribution in [-0.2, 0) is 0 Å². The normalized spacial score (nSPS) is 11.3. The largest absolute Gasteiger partial charge is 0.292 e. The minimum absolute atomic E-state index is 0.0556. The molecule has 0 fully saturated rings. The van der Waals surface area contributed by atoms with Crippen LogP contribution in [0.2, 0.25) is 10.0 Å². The van der Waals surface area contributed by atoms with E-state index < -0.39 is 0 Å². The summed E-state index contributed by atoms with van der Waals surface area (Å²) in [5.74, 6) is 4.99. The first-order valence-corrected chi connectivity index (χ1v) is 4.34. The van der Waals surface area contributed by atoms with Crippen molar-refractivity contribution in [3.8, 4) is 0 Å². The van der Waals surface area contributed by atoms with Gasteiger partial charge < -0.3 is 0 Å². The van der Waals surface area contributed by atoms with Crippen molar-refractivity contribution in [3.63, 3.8) is 0 Å². The first-order chi connectivity index (χ1) is 6.69. The van der Waals surface area contributed by atoms with E-state index in [-0.39, 0.29) is 5.96 Å². The first-order valence-electron chi connectivity index (χ1n) is 3.58. The van der Waals surface area contributed by atoms with Gasteiger partial charge in [0.1, 0.15) is 5.69 Å². The molecule has 0 unspecified atom stereocenters. The Kier molecular flexibility index (Phi) is 3.97. The SMILES string of the molecule is NNC(=Nc1c(Cl)cccc1Cl)NO. The van der Waals surface area contributed by atoms with Gasteiger partial charge in [-0.25, -0.2) is 16.3 Å². The van der Waals surface area contributed by atoms with E-state index in [1.165, 1.54) is 0 Å². The van der Waals surface area contributed by atoms with Crippen LogP contribution in [-0.4, -0.2) is 11.2 Å². The maximum absolute atomic E-state index is 8.56. The van der Waals surface area contributed by atoms with E-state index >= 15 is 0 Å². The molecule has 0 saturated carbocycles. The van der Waals surface area contributed by atoms with Gasteiger partial charge in [0.25, 0.3) is 0 Å². The number of halogens is 2. The highest BCUT2D eigenvalue weighted by Crippen LogP contribution is 2.32. The summed E-state index contributed by atoms with van der Waals surface area (Å²) in [7, 11) is 0. The molecular weight excluding hydrogens is 227 g/mol. The van der Waals surface area contributed by atoms with Gasteiger partial charge in [-0.3, -0.25) is 10.6 Å². The van der Waals surface area contributed by atoms with Crippen molar-refractivity contribution >= 4 is 34.8 Å². The van der Waals surface area contributed by atoms with Crippen LogP contribution in [0.1, 0.15) is 0 Å². The third-order valence-corrected chi connectivity index (χ3v) is 2.01. The van der Waals surface area contributed by atoms with Gasteiger partial charge in [-0.05, 0) is 12.1 Å². The number of nitrogens with zero attached hydrogens (tertiary/aromatic N) is 1. The molecule has 76 valence electrons. The smallest absolute Gasteiger partial charge is 0.235 e. The van der Waals surface area contributed by atoms with Gasteiger partial charge in [0.15, 0.2) is 0 Å². The second kappa shape index (κ2) is 5.02. The third-order valence-electron chi connectivity index (χ3n) is 1.40. The van der Waals surface area contributed by atoms with E-state index in [1.807, 2.05) is 0 Å². The van der Waals surface area contributed by atoms with Crippen LogP contribution in [0, 0.1) is 0 Å². The van der Waals surface area contributed by atoms with E-state index in [0.29, 0.717) is 15.7 Å². The van der Waals surface area contributed by atoms with E-state index in [0.717, 1.165) is 0 Å². The number of nitrogens with two attached hydrogens (primary N) is 1. The number of aliphatic imine (C=N–C) groups is 1. The van der Waals surface area contributed by atoms with E-state index in [1.54, 1.807) is 23.7 Å². The topological polar surface area (TPSA) is 82.7 Å². The van der Waals surface area contributed by atoms with Gasteiger partial charge >= 0.3 is 0 Å². The van der Waals surface area contributed by atoms with Crippen molar-refractivity contribution < 1.29 is 5.21 Å². The zero-order valence-electron chi connectivity index (χ0n) is 6.96. The van der Waals surface area contributed by atoms with Crippen LogP contribution < -0.4 is 16.7 Å². The fourth-order valence-corrected chi connectivity index (χ4v) is 1.28. The molecule has 0 aliphatic carbocycles. The number of hydrogen-bond donors (Lipinski definition) is 4. The first kappa shape index (κ1) is 11.1. The fourth-order valence-electron chi connectivity index (χ4n) is 0.797. The molecular formula is C7H8Cl2N4O. The van der Waals surface area contributed by atoms with Gasteiger partial charge in [-0.15, -0.1) is 0 Å². The zero-order valence-corrected chi connectivity index (χ0v) is 8.47. The van der Waals surface area contributed by atoms with Crippen molar-refractivity contribution in [1.29, 1.82) is 0 Å². The Morgan fingerprint density at radius 1 is 1.36 bits per heavy atom. The summed E-state index contributed by atoms with van der Waals surface area (Å²) in [4.78, 5) is 3.85. The molecule has 0 amide bonds. The molecule has 1 rings (SSSR count). The van der Waals surface area contributed by atoms with Crippen molar-refractivity contribution in [2.45, 2.75) is 0 Å². The number of benzene rings is 1. The van der Waals surface area contributed by atoms with Gasteiger partial charge in [-0.2, -0.15) is 0 Å². The molecule has 0 heterocycles. The number of guanidine groups is 1. The van der Waals surface area contributed by atoms with Crippen LogP contribution in [0.15, 0.2) is 23.2 Å². The number of hydrogen-bond acceptors (Lipinski definition) is 3. The molecule has 0 atom stereocenters. The Bertz CT molecular complexity index is 329. The highest BCUT2D eigenvalue weighted by atomic mass is 35.5. The molecule has 7 heteroatoms. The lowest BCUT2D eigenvalue weighted by Gasteiger charge is -2.05. The van der Waals surface area contributed by atoms with Gasteiger partial charge in [0.2, 0.25) is 5.96 Å². The third kappa shape index (κ3) is 2.49. The summed E-state index contributed by atoms with van der Waals surface area (Å²) in [6.07, 6.45) is 0. The van der Waals surface area contributed by atoms with Gasteiger partial charge in [0.05, 0.1) is 10.0 Å². The van der Waals surface area contributed by atoms with E-state index in [2.05, 4.69) is 10.4 Å². The number of rotatable bonds is 1. The molecule has 14 heavy (non-hydrogen) atoms. The minimum Gasteiger partial charge on any atom is -0.292 e. The summed E-state index contributed by atoms with van der Waals surface area (Å²) >= 11 is 11.6. The lowest BCUT2D eigenvalue weighted by atomic mass is 10.3. The molecule has 0 aromatic heterocycles. The molecule has 5 nitrogen and oxygen atoms in total. The number of hydrazine groups is 1. The highest BCUT2D eigenvalue weighted by Gasteiger charge is 2.04. The van der Waals surface area contributed by atoms with Gasteiger partial charge in [-0.1, -0.05) is 29.3 Å². The Morgan fingerprint density at radius 3 is 2.36 bits per heavy atom. The van der Waals surface area contributed by atoms with Crippen molar-refractivity contribution in [1.82, 2.24) is 10.9 Å². The predicted octanol–water partition coefficient (Wildman–Crippen LogP) is 1.42. The summed E-state index contributed by atoms with van der Waals surface area (Å²) in [5.41, 5.74) is 4.20. The summed E-state index contributed by atoms with van der Waals surface area (Å²) in [6.45, 7) is 0. The van der Waals surface area contributed by atoms with Crippen LogP contribution in [0.25, 0.3) is 0 Å². The van der Waals surface area contributed by atoms with E-state index in [4.69, 9.17) is 34.3 Å². The number of hydroxylamine groups is 1. The molecule has 0 saturated heterocycles. The Morgan fingerprint density at radius 2 is 1.93 bits per heavy atom. The van der Waals surface area contributed by atoms with E-state index in [9.17, 15) is 0 Å². The van der Waals surface area contributed by atoms with Crippen LogP contribution >= 0.6 is 23.2 Å². The lowest BCUT2D eigenvalue weighted by Crippen LogP contribution is -2.39. The standard InChI is InChI=1S/C7H8Cl2N4O/c8-4-2-1-3-5(9)6(4)11-7(12-10)13-14/h1-3,14H,10H2,(H2,11,12,13). The zero-order chi connectivity index (χ0) is 10.6. The second-order valence-corrected chi connectivity index (χ2v) is 3.10. The molecule has 1 aromatic rings. The molecule has 0 spiro atoms. The fraction of sp³-hybridized carbons (Fsp3) is 0. The van der Waals surface area contributed by atoms with Crippen LogP contribution in [0.3, 0.4) is 0 Å². The average molecular weight is 235 g/mol. The second-order valence-electron chi connectivity index (χ2n) is 2.29. The molecule has 0 bridgehead atoms. The number of para-hydroxylation sites is 1. The molecule has 5 N–H and O–H groups in total. The van der Waals surface area contributed by atoms with Gasteiger partial charge in [0, 0.05) is 0 Å². The summed E-state index contributed by atoms with van der Waals surface area (Å²) in [6, 6.07) is 4.93. The summed E-state index contributed by atoms with van der Waals surface area (Å²) < 4.78 is 0. The van der Waals surface area contributed by atoms with Crippen molar-refractivity contribution in [3.05, 3.63) is 28.2 Å². The molecule has 0 aliphatic rings. The Hall–Kier alpha value is -1.01. The average Bonchev–Trinajstić information content (AvgIpc) is 2.18. The maximum atomic E-state index is 8.56. The lowest BCUT2D eigenvalue weighted by molar-refractivity contribution is 0.230. The minimum atomic E-state index is -0.0556. The Balaban J connectivity index is 3.12. The van der Waals surface area contributed by atoms with Crippen LogP contribution in [0.4, 0.5) is 5.69 Å². The van der Waals surface area contributed by atoms with Crippen molar-refractivity contribution in [2.75, 3.05) is 0 Å². The predicted molar refractivity (Wildman–Crippen MR) is 55.8 cm³/mol. The molecule has 0 aliphatic heterocycles. The maximum Gasteiger partial charge on any atom is 0.235 e. The van der Waals surface area contributed by atoms with Crippen molar-refractivity contribution in [2.24, 2.45) is 10.8 Å². The van der Waals surface area contributed by atoms with Crippen LogP contribution in [0.5, 0.6) is 0 Å².